The molecule has 2 heterocycles. The first kappa shape index (κ1) is 40.4. The average Bonchev–Trinajstić information content (AvgIpc) is 3.57. The molecule has 0 spiro atoms. The molecule has 3 atom stereocenters. The van der Waals surface area contributed by atoms with Crippen LogP contribution in [0.3, 0.4) is 0 Å². The summed E-state index contributed by atoms with van der Waals surface area (Å²) in [6, 6.07) is 17.6. The second-order valence-corrected chi connectivity index (χ2v) is 14.7. The fraction of sp³-hybridized carbons (Fsp3) is 0.556. The van der Waals surface area contributed by atoms with Crippen molar-refractivity contribution in [2.45, 2.75) is 89.7 Å². The van der Waals surface area contributed by atoms with Gasteiger partial charge >= 0.3 is 5.97 Å². The van der Waals surface area contributed by atoms with Crippen LogP contribution in [0.25, 0.3) is 0 Å². The van der Waals surface area contributed by atoms with Gasteiger partial charge in [-0.1, -0.05) is 49.4 Å². The van der Waals surface area contributed by atoms with Crippen LogP contribution in [0, 0.1) is 11.7 Å². The smallest absolute Gasteiger partial charge is 0.320 e. The Hall–Kier alpha value is -1.74. The molecule has 0 bridgehead atoms. The predicted octanol–water partition coefficient (Wildman–Crippen LogP) is 8.72. The average molecular weight is 715 g/mol. The van der Waals surface area contributed by atoms with E-state index >= 15 is 0 Å². The van der Waals surface area contributed by atoms with Gasteiger partial charge in [-0.3, -0.25) is 9.69 Å². The molecule has 2 aromatic carbocycles. The molecule has 2 aliphatic rings. The summed E-state index contributed by atoms with van der Waals surface area (Å²) in [6.45, 7) is 11.8. The van der Waals surface area contributed by atoms with Crippen molar-refractivity contribution in [2.75, 3.05) is 33.2 Å². The van der Waals surface area contributed by atoms with Gasteiger partial charge in [0.25, 0.3) is 0 Å². The number of carbonyl (C=O) groups excluding carboxylic acids is 1. The van der Waals surface area contributed by atoms with Crippen molar-refractivity contribution in [1.82, 2.24) is 14.8 Å². The number of hydrogen-bond acceptors (Lipinski definition) is 6. The molecule has 1 saturated carbocycles. The number of hydrogen-bond donors (Lipinski definition) is 0. The lowest BCUT2D eigenvalue weighted by atomic mass is 9.87. The van der Waals surface area contributed by atoms with Gasteiger partial charge < -0.3 is 9.64 Å². The van der Waals surface area contributed by atoms with Crippen LogP contribution in [0.15, 0.2) is 54.6 Å². The van der Waals surface area contributed by atoms with E-state index in [1.165, 1.54) is 27.2 Å². The highest BCUT2D eigenvalue weighted by atomic mass is 35.5. The minimum atomic E-state index is -0.202. The molecule has 0 N–H and O–H groups in total. The molecule has 256 valence electrons. The predicted molar refractivity (Wildman–Crippen MR) is 195 cm³/mol. The first-order valence-electron chi connectivity index (χ1n) is 16.0. The van der Waals surface area contributed by atoms with Crippen molar-refractivity contribution in [3.8, 4) is 0 Å². The third kappa shape index (κ3) is 10.6. The molecule has 1 aliphatic carbocycles. The van der Waals surface area contributed by atoms with Crippen LogP contribution in [-0.4, -0.2) is 65.6 Å². The van der Waals surface area contributed by atoms with Crippen LogP contribution in [0.2, 0.25) is 0 Å². The fourth-order valence-electron chi connectivity index (χ4n) is 6.71. The zero-order valence-corrected chi connectivity index (χ0v) is 31.0. The van der Waals surface area contributed by atoms with Crippen LogP contribution in [-0.2, 0) is 22.4 Å². The molecule has 1 aromatic heterocycles. The van der Waals surface area contributed by atoms with E-state index in [4.69, 9.17) is 9.72 Å². The first-order valence-corrected chi connectivity index (χ1v) is 16.8. The third-order valence-corrected chi connectivity index (χ3v) is 10.8. The lowest BCUT2D eigenvalue weighted by Gasteiger charge is -2.34. The number of aromatic nitrogens is 1. The summed E-state index contributed by atoms with van der Waals surface area (Å²) in [5, 5.41) is 1.22. The molecule has 1 saturated heterocycles. The van der Waals surface area contributed by atoms with Crippen LogP contribution in [0.1, 0.15) is 91.9 Å². The Kier molecular flexibility index (Phi) is 15.9. The van der Waals surface area contributed by atoms with Crippen molar-refractivity contribution >= 4 is 54.5 Å². The number of aryl methyl sites for hydroxylation is 1. The Bertz CT molecular complexity index is 1360. The fourth-order valence-corrected chi connectivity index (χ4v) is 8.07. The Morgan fingerprint density at radius 2 is 1.74 bits per heavy atom. The van der Waals surface area contributed by atoms with Gasteiger partial charge in [-0.15, -0.1) is 48.6 Å². The van der Waals surface area contributed by atoms with Gasteiger partial charge in [0.2, 0.25) is 0 Å². The summed E-state index contributed by atoms with van der Waals surface area (Å²) in [5.41, 5.74) is 3.51. The highest BCUT2D eigenvalue weighted by molar-refractivity contribution is 7.11. The minimum Gasteiger partial charge on any atom is -0.461 e. The zero-order chi connectivity index (χ0) is 30.6. The molecule has 10 heteroatoms. The summed E-state index contributed by atoms with van der Waals surface area (Å²) in [7, 11) is 1.96. The molecular formula is C36H51Cl3FN3O2S. The second kappa shape index (κ2) is 18.1. The SMILES string of the molecule is CCc1nc(Cc2ccccc2)sc1C1CCN(C[C@H]2C[C@H](OC(=O)CN(C)C(C)(C)C)C[C@@H]2c2cccc(F)c2)CC1.Cl.Cl.Cl. The number of thiazole rings is 1. The van der Waals surface area contributed by atoms with Crippen molar-refractivity contribution < 1.29 is 13.9 Å². The minimum absolute atomic E-state index is 0. The molecular weight excluding hydrogens is 664 g/mol. The van der Waals surface area contributed by atoms with E-state index in [1.807, 2.05) is 29.4 Å². The van der Waals surface area contributed by atoms with Gasteiger partial charge in [-0.2, -0.15) is 0 Å². The number of likely N-dealkylation sites (tertiary alicyclic amines) is 1. The summed E-state index contributed by atoms with van der Waals surface area (Å²) in [5.74, 6) is 0.685. The Morgan fingerprint density at radius 1 is 1.04 bits per heavy atom. The third-order valence-electron chi connectivity index (χ3n) is 9.49. The summed E-state index contributed by atoms with van der Waals surface area (Å²) in [6.07, 6.45) is 5.58. The highest BCUT2D eigenvalue weighted by Gasteiger charge is 2.39. The van der Waals surface area contributed by atoms with Crippen molar-refractivity contribution in [2.24, 2.45) is 5.92 Å². The number of piperidine rings is 1. The molecule has 1 aliphatic heterocycles. The largest absolute Gasteiger partial charge is 0.461 e. The van der Waals surface area contributed by atoms with Crippen LogP contribution < -0.4 is 0 Å². The maximum Gasteiger partial charge on any atom is 0.320 e. The van der Waals surface area contributed by atoms with Crippen LogP contribution in [0.5, 0.6) is 0 Å². The van der Waals surface area contributed by atoms with Crippen LogP contribution in [0.4, 0.5) is 4.39 Å². The lowest BCUT2D eigenvalue weighted by Crippen LogP contribution is -2.42. The monoisotopic (exact) mass is 713 g/mol. The number of rotatable bonds is 10. The number of nitrogens with zero attached hydrogens (tertiary/aromatic N) is 3. The van der Waals surface area contributed by atoms with Gasteiger partial charge in [-0.25, -0.2) is 9.37 Å². The van der Waals surface area contributed by atoms with E-state index in [0.29, 0.717) is 11.8 Å². The molecule has 0 amide bonds. The van der Waals surface area contributed by atoms with E-state index in [-0.39, 0.29) is 73.1 Å². The van der Waals surface area contributed by atoms with Crippen molar-refractivity contribution in [3.05, 3.63) is 87.1 Å². The maximum atomic E-state index is 14.3. The number of carbonyl (C=O) groups is 1. The van der Waals surface area contributed by atoms with Gasteiger partial charge in [0, 0.05) is 23.4 Å². The van der Waals surface area contributed by atoms with E-state index in [9.17, 15) is 9.18 Å². The molecule has 0 radical (unpaired) electrons. The van der Waals surface area contributed by atoms with E-state index in [1.54, 1.807) is 12.1 Å². The summed E-state index contributed by atoms with van der Waals surface area (Å²) in [4.78, 5) is 24.0. The van der Waals surface area contributed by atoms with E-state index < -0.39 is 0 Å². The molecule has 0 unspecified atom stereocenters. The quantitative estimate of drug-likeness (QED) is 0.197. The molecule has 3 aromatic rings. The second-order valence-electron chi connectivity index (χ2n) is 13.5. The Morgan fingerprint density at radius 3 is 2.37 bits per heavy atom. The molecule has 5 nitrogen and oxygen atoms in total. The summed E-state index contributed by atoms with van der Waals surface area (Å²) >= 11 is 1.91. The summed E-state index contributed by atoms with van der Waals surface area (Å²) < 4.78 is 20.3. The van der Waals surface area contributed by atoms with E-state index in [2.05, 4.69) is 62.9 Å². The van der Waals surface area contributed by atoms with Gasteiger partial charge in [-0.05, 0) is 114 Å². The first-order chi connectivity index (χ1) is 20.6. The number of benzene rings is 2. The van der Waals surface area contributed by atoms with Gasteiger partial charge in [0.05, 0.1) is 17.2 Å². The van der Waals surface area contributed by atoms with Crippen molar-refractivity contribution in [1.29, 1.82) is 0 Å². The molecule has 46 heavy (non-hydrogen) atoms. The van der Waals surface area contributed by atoms with E-state index in [0.717, 1.165) is 63.7 Å². The lowest BCUT2D eigenvalue weighted by molar-refractivity contribution is -0.151. The number of esters is 1. The highest BCUT2D eigenvalue weighted by Crippen LogP contribution is 2.43. The number of halogens is 4. The van der Waals surface area contributed by atoms with Crippen LogP contribution >= 0.6 is 48.6 Å². The number of ether oxygens (including phenoxy) is 1. The maximum absolute atomic E-state index is 14.3. The normalized spacial score (nSPS) is 20.5. The zero-order valence-electron chi connectivity index (χ0n) is 27.7. The topological polar surface area (TPSA) is 45.7 Å². The molecule has 5 rings (SSSR count). The Labute approximate surface area is 297 Å². The Balaban J connectivity index is 0.00000245. The number of likely N-dealkylation sites (N-methyl/N-ethyl adjacent to an activating group) is 1. The van der Waals surface area contributed by atoms with Gasteiger partial charge in [0.1, 0.15) is 11.9 Å². The standard InChI is InChI=1S/C36H48FN3O2S.3ClH/c1-6-32-35(43-33(38-32)19-25-11-8-7-9-12-25)26-15-17-40(18-16-26)23-28-21-30(42-34(41)24-39(5)36(2,3)4)22-31(28)27-13-10-14-29(37)20-27;;;/h7-14,20,26,28,30-31H,6,15-19,21-24H2,1-5H3;3*1H/t28-,30+,31-;;;/m1.../s1. The van der Waals surface area contributed by atoms with Crippen molar-refractivity contribution in [3.63, 3.8) is 0 Å². The van der Waals surface area contributed by atoms with Gasteiger partial charge in [0.15, 0.2) is 0 Å². The molecule has 2 fully saturated rings.